The molecule has 2 heterocycles. The molecule has 0 spiro atoms. The molecule has 2 aromatic heterocycles. The minimum absolute atomic E-state index is 0.123. The molecular formula is C19H17ClN2O. The van der Waals surface area contributed by atoms with Gasteiger partial charge in [0.15, 0.2) is 0 Å². The Morgan fingerprint density at radius 3 is 2.35 bits per heavy atom. The van der Waals surface area contributed by atoms with Crippen LogP contribution in [0.1, 0.15) is 13.8 Å². The molecule has 0 aliphatic carbocycles. The second-order valence-corrected chi connectivity index (χ2v) is 5.41. The number of pyridine rings is 1. The van der Waals surface area contributed by atoms with Crippen LogP contribution in [0.4, 0.5) is 0 Å². The number of fused-ring (bicyclic) bond motifs is 3. The zero-order chi connectivity index (χ0) is 16.4. The minimum atomic E-state index is -0.123. The average molecular weight is 325 g/mol. The van der Waals surface area contributed by atoms with Gasteiger partial charge in [0.25, 0.3) is 0 Å². The van der Waals surface area contributed by atoms with Crippen LogP contribution in [0.15, 0.2) is 59.4 Å². The Kier molecular flexibility index (Phi) is 4.22. The molecule has 0 aliphatic heterocycles. The standard InChI is InChI=1S/C17H11ClN2O.C2H6/c18-11-6-7-14-13(8-11)17-16(19-14)12(9-15(21)20-17)10-4-2-1-3-5-10;1-2/h1-9,19H,(H,20,21);1-2H3. The third kappa shape index (κ3) is 2.76. The summed E-state index contributed by atoms with van der Waals surface area (Å²) in [4.78, 5) is 18.3. The molecule has 0 unspecified atom stereocenters. The van der Waals surface area contributed by atoms with Crippen molar-refractivity contribution in [3.63, 3.8) is 0 Å². The maximum atomic E-state index is 12.0. The van der Waals surface area contributed by atoms with E-state index in [1.165, 1.54) is 0 Å². The van der Waals surface area contributed by atoms with Gasteiger partial charge in [0.2, 0.25) is 5.56 Å². The summed E-state index contributed by atoms with van der Waals surface area (Å²) in [5.41, 5.74) is 4.43. The molecule has 0 amide bonds. The van der Waals surface area contributed by atoms with E-state index in [-0.39, 0.29) is 5.56 Å². The Hall–Kier alpha value is -2.52. The monoisotopic (exact) mass is 324 g/mol. The first kappa shape index (κ1) is 15.4. The van der Waals surface area contributed by atoms with Crippen LogP contribution in [0.5, 0.6) is 0 Å². The van der Waals surface area contributed by atoms with Gasteiger partial charge in [0.05, 0.1) is 11.0 Å². The summed E-state index contributed by atoms with van der Waals surface area (Å²) >= 11 is 6.07. The molecule has 0 radical (unpaired) electrons. The molecule has 0 fully saturated rings. The highest BCUT2D eigenvalue weighted by Gasteiger charge is 2.11. The number of benzene rings is 2. The van der Waals surface area contributed by atoms with Crippen molar-refractivity contribution in [1.29, 1.82) is 0 Å². The van der Waals surface area contributed by atoms with Crippen LogP contribution < -0.4 is 5.56 Å². The quantitative estimate of drug-likeness (QED) is 0.486. The van der Waals surface area contributed by atoms with E-state index in [0.717, 1.165) is 33.1 Å². The molecule has 4 aromatic rings. The first-order valence-electron chi connectivity index (χ1n) is 7.62. The van der Waals surface area contributed by atoms with Crippen molar-refractivity contribution in [3.05, 3.63) is 70.0 Å². The second kappa shape index (κ2) is 6.31. The highest BCUT2D eigenvalue weighted by molar-refractivity contribution is 6.31. The zero-order valence-electron chi connectivity index (χ0n) is 13.0. The normalized spacial score (nSPS) is 10.6. The summed E-state index contributed by atoms with van der Waals surface area (Å²) in [6.45, 7) is 4.00. The van der Waals surface area contributed by atoms with Crippen molar-refractivity contribution in [2.45, 2.75) is 13.8 Å². The Bertz CT molecular complexity index is 1020. The Morgan fingerprint density at radius 1 is 0.870 bits per heavy atom. The Balaban J connectivity index is 0.000000753. The van der Waals surface area contributed by atoms with E-state index in [2.05, 4.69) is 9.97 Å². The molecule has 0 atom stereocenters. The fourth-order valence-electron chi connectivity index (χ4n) is 2.70. The molecule has 23 heavy (non-hydrogen) atoms. The van der Waals surface area contributed by atoms with Crippen LogP contribution >= 0.6 is 11.6 Å². The molecule has 4 rings (SSSR count). The number of rotatable bonds is 1. The highest BCUT2D eigenvalue weighted by Crippen LogP contribution is 2.31. The van der Waals surface area contributed by atoms with Crippen LogP contribution in [-0.4, -0.2) is 9.97 Å². The maximum Gasteiger partial charge on any atom is 0.249 e. The van der Waals surface area contributed by atoms with Gasteiger partial charge in [0, 0.05) is 27.6 Å². The largest absolute Gasteiger partial charge is 0.353 e. The first-order chi connectivity index (χ1) is 11.2. The van der Waals surface area contributed by atoms with E-state index in [4.69, 9.17) is 11.6 Å². The number of halogens is 1. The van der Waals surface area contributed by atoms with E-state index in [9.17, 15) is 4.79 Å². The highest BCUT2D eigenvalue weighted by atomic mass is 35.5. The molecule has 0 saturated carbocycles. The summed E-state index contributed by atoms with van der Waals surface area (Å²) in [6.07, 6.45) is 0. The van der Waals surface area contributed by atoms with Crippen molar-refractivity contribution in [1.82, 2.24) is 9.97 Å². The summed E-state index contributed by atoms with van der Waals surface area (Å²) in [5.74, 6) is 0. The predicted molar refractivity (Wildman–Crippen MR) is 98.2 cm³/mol. The number of nitrogens with one attached hydrogen (secondary N) is 2. The zero-order valence-corrected chi connectivity index (χ0v) is 13.7. The average Bonchev–Trinajstić information content (AvgIpc) is 2.94. The lowest BCUT2D eigenvalue weighted by Gasteiger charge is -2.02. The van der Waals surface area contributed by atoms with Crippen LogP contribution in [0.2, 0.25) is 5.02 Å². The number of aromatic amines is 2. The van der Waals surface area contributed by atoms with Gasteiger partial charge < -0.3 is 9.97 Å². The van der Waals surface area contributed by atoms with Crippen molar-refractivity contribution >= 4 is 33.5 Å². The number of H-pyrrole nitrogens is 2. The van der Waals surface area contributed by atoms with Crippen molar-refractivity contribution in [2.24, 2.45) is 0 Å². The van der Waals surface area contributed by atoms with Gasteiger partial charge in [-0.1, -0.05) is 55.8 Å². The van der Waals surface area contributed by atoms with E-state index in [1.807, 2.05) is 62.4 Å². The lowest BCUT2D eigenvalue weighted by Crippen LogP contribution is -2.04. The molecule has 0 bridgehead atoms. The third-order valence-corrected chi connectivity index (χ3v) is 3.87. The molecule has 116 valence electrons. The van der Waals surface area contributed by atoms with Crippen molar-refractivity contribution in [3.8, 4) is 11.1 Å². The topological polar surface area (TPSA) is 48.6 Å². The van der Waals surface area contributed by atoms with Gasteiger partial charge in [-0.3, -0.25) is 4.79 Å². The van der Waals surface area contributed by atoms with E-state index < -0.39 is 0 Å². The number of hydrogen-bond acceptors (Lipinski definition) is 1. The third-order valence-electron chi connectivity index (χ3n) is 3.64. The molecular weight excluding hydrogens is 308 g/mol. The predicted octanol–water partition coefficient (Wildman–Crippen LogP) is 5.36. The molecule has 4 heteroatoms. The second-order valence-electron chi connectivity index (χ2n) is 4.98. The van der Waals surface area contributed by atoms with E-state index in [1.54, 1.807) is 6.07 Å². The Morgan fingerprint density at radius 2 is 1.61 bits per heavy atom. The van der Waals surface area contributed by atoms with Gasteiger partial charge in [-0.05, 0) is 23.8 Å². The van der Waals surface area contributed by atoms with Gasteiger partial charge in [-0.15, -0.1) is 0 Å². The van der Waals surface area contributed by atoms with Crippen LogP contribution in [0.25, 0.3) is 33.1 Å². The smallest absolute Gasteiger partial charge is 0.249 e. The van der Waals surface area contributed by atoms with Crippen LogP contribution in [0.3, 0.4) is 0 Å². The van der Waals surface area contributed by atoms with Crippen molar-refractivity contribution < 1.29 is 0 Å². The lowest BCUT2D eigenvalue weighted by atomic mass is 10.1. The summed E-state index contributed by atoms with van der Waals surface area (Å²) < 4.78 is 0. The molecule has 0 saturated heterocycles. The molecule has 3 nitrogen and oxygen atoms in total. The van der Waals surface area contributed by atoms with Gasteiger partial charge in [0.1, 0.15) is 0 Å². The minimum Gasteiger partial charge on any atom is -0.353 e. The molecule has 0 aliphatic rings. The number of aromatic nitrogens is 2. The fourth-order valence-corrected chi connectivity index (χ4v) is 2.88. The van der Waals surface area contributed by atoms with Crippen molar-refractivity contribution in [2.75, 3.05) is 0 Å². The van der Waals surface area contributed by atoms with E-state index >= 15 is 0 Å². The van der Waals surface area contributed by atoms with Gasteiger partial charge in [-0.25, -0.2) is 0 Å². The molecule has 2 N–H and O–H groups in total. The van der Waals surface area contributed by atoms with Crippen LogP contribution in [0, 0.1) is 0 Å². The van der Waals surface area contributed by atoms with E-state index in [0.29, 0.717) is 5.02 Å². The fraction of sp³-hybridized carbons (Fsp3) is 0.105. The lowest BCUT2D eigenvalue weighted by molar-refractivity contribution is 1.31. The Labute approximate surface area is 138 Å². The summed E-state index contributed by atoms with van der Waals surface area (Å²) in [5, 5.41) is 1.57. The molecule has 2 aromatic carbocycles. The number of hydrogen-bond donors (Lipinski definition) is 2. The SMILES string of the molecule is CC.O=c1cc(-c2ccccc2)c2[nH]c3ccc(Cl)cc3c2[nH]1. The van der Waals surface area contributed by atoms with Gasteiger partial charge in [-0.2, -0.15) is 0 Å². The van der Waals surface area contributed by atoms with Crippen LogP contribution in [-0.2, 0) is 0 Å². The maximum absolute atomic E-state index is 12.0. The summed E-state index contributed by atoms with van der Waals surface area (Å²) in [7, 11) is 0. The summed E-state index contributed by atoms with van der Waals surface area (Å²) in [6, 6.07) is 17.1. The van der Waals surface area contributed by atoms with Gasteiger partial charge >= 0.3 is 0 Å². The first-order valence-corrected chi connectivity index (χ1v) is 8.00.